The second-order valence-electron chi connectivity index (χ2n) is 11.9. The summed E-state index contributed by atoms with van der Waals surface area (Å²) in [5.41, 5.74) is 4.39. The molecule has 10 nitrogen and oxygen atoms in total. The van der Waals surface area contributed by atoms with Crippen molar-refractivity contribution in [3.8, 4) is 5.75 Å². The summed E-state index contributed by atoms with van der Waals surface area (Å²) in [5.74, 6) is 1.07. The summed E-state index contributed by atoms with van der Waals surface area (Å²) in [4.78, 5) is 30.5. The number of aryl methyl sites for hydroxylation is 2. The quantitative estimate of drug-likeness (QED) is 0.331. The van der Waals surface area contributed by atoms with E-state index in [2.05, 4.69) is 27.0 Å². The Kier molecular flexibility index (Phi) is 7.64. The number of H-pyrrole nitrogens is 1. The number of likely N-dealkylation sites (tertiary alicyclic amines) is 1. The molecular weight excluding hydrogens is 564 g/mol. The summed E-state index contributed by atoms with van der Waals surface area (Å²) < 4.78 is 33.7. The van der Waals surface area contributed by atoms with E-state index >= 15 is 0 Å². The fraction of sp³-hybridized carbons (Fsp3) is 0.406. The van der Waals surface area contributed by atoms with E-state index in [9.17, 15) is 13.2 Å². The lowest BCUT2D eigenvalue weighted by atomic mass is 9.77. The van der Waals surface area contributed by atoms with Crippen molar-refractivity contribution in [3.63, 3.8) is 0 Å². The number of piperidine rings is 1. The summed E-state index contributed by atoms with van der Waals surface area (Å²) in [6, 6.07) is 13.1. The number of aromatic amines is 1. The van der Waals surface area contributed by atoms with E-state index in [4.69, 9.17) is 9.72 Å². The van der Waals surface area contributed by atoms with Crippen LogP contribution in [0.2, 0.25) is 0 Å². The number of methoxy groups -OCH3 is 1. The highest BCUT2D eigenvalue weighted by Gasteiger charge is 2.42. The minimum absolute atomic E-state index is 0.0254. The third kappa shape index (κ3) is 5.47. The molecule has 1 amide bonds. The molecule has 226 valence electrons. The summed E-state index contributed by atoms with van der Waals surface area (Å²) in [6.07, 6.45) is 6.75. The zero-order valence-electron chi connectivity index (χ0n) is 25.1. The van der Waals surface area contributed by atoms with Crippen molar-refractivity contribution in [2.75, 3.05) is 45.2 Å². The second-order valence-corrected chi connectivity index (χ2v) is 13.9. The molecule has 0 atom stereocenters. The number of anilines is 1. The van der Waals surface area contributed by atoms with E-state index in [1.165, 1.54) is 9.99 Å². The first-order valence-electron chi connectivity index (χ1n) is 14.6. The number of nitrogens with zero attached hydrogens (tertiary/aromatic N) is 5. The van der Waals surface area contributed by atoms with Gasteiger partial charge in [-0.15, -0.1) is 0 Å². The van der Waals surface area contributed by atoms with Gasteiger partial charge in [0, 0.05) is 51.3 Å². The Morgan fingerprint density at radius 1 is 1.05 bits per heavy atom. The largest absolute Gasteiger partial charge is 0.497 e. The molecule has 0 bridgehead atoms. The number of hydrogen-bond acceptors (Lipinski definition) is 7. The average molecular weight is 603 g/mol. The van der Waals surface area contributed by atoms with Crippen molar-refractivity contribution >= 4 is 32.7 Å². The summed E-state index contributed by atoms with van der Waals surface area (Å²) >= 11 is 0. The third-order valence-corrected chi connectivity index (χ3v) is 11.2. The normalized spacial score (nSPS) is 16.9. The van der Waals surface area contributed by atoms with Crippen LogP contribution in [0.3, 0.4) is 0 Å². The number of sulfonamides is 1. The fourth-order valence-electron chi connectivity index (χ4n) is 6.70. The SMILES string of the molecule is COc1cc(C)c(S(=O)(=O)N(C)Cc2nc3c(C(=O)N4CCC5(CCN(c6ccncc6)CC5)C4)cccc3[nH]2)c(C)c1. The molecule has 2 fully saturated rings. The van der Waals surface area contributed by atoms with Gasteiger partial charge in [-0.2, -0.15) is 4.31 Å². The van der Waals surface area contributed by atoms with Crippen molar-refractivity contribution in [3.05, 3.63) is 77.4 Å². The first kappa shape index (κ1) is 29.1. The number of para-hydroxylation sites is 1. The Morgan fingerprint density at radius 2 is 1.72 bits per heavy atom. The van der Waals surface area contributed by atoms with Gasteiger partial charge in [0.1, 0.15) is 17.1 Å². The van der Waals surface area contributed by atoms with Crippen molar-refractivity contribution in [1.29, 1.82) is 0 Å². The number of pyridine rings is 1. The van der Waals surface area contributed by atoms with Crippen LogP contribution in [0.4, 0.5) is 5.69 Å². The molecule has 1 N–H and O–H groups in total. The molecule has 2 saturated heterocycles. The lowest BCUT2D eigenvalue weighted by Crippen LogP contribution is -2.42. The first-order valence-corrected chi connectivity index (χ1v) is 16.1. The number of fused-ring (bicyclic) bond motifs is 1. The van der Waals surface area contributed by atoms with E-state index in [-0.39, 0.29) is 22.8 Å². The number of aromatic nitrogens is 3. The smallest absolute Gasteiger partial charge is 0.256 e. The van der Waals surface area contributed by atoms with Crippen LogP contribution in [0.25, 0.3) is 11.0 Å². The van der Waals surface area contributed by atoms with Crippen molar-refractivity contribution in [2.24, 2.45) is 5.41 Å². The van der Waals surface area contributed by atoms with Crippen LogP contribution in [0.15, 0.2) is 59.8 Å². The molecule has 0 unspecified atom stereocenters. The number of rotatable bonds is 7. The molecule has 0 saturated carbocycles. The third-order valence-electron chi connectivity index (χ3n) is 9.08. The molecular formula is C32H38N6O4S. The average Bonchev–Trinajstić information content (AvgIpc) is 3.61. The Bertz CT molecular complexity index is 1740. The van der Waals surface area contributed by atoms with Gasteiger partial charge in [-0.1, -0.05) is 6.07 Å². The van der Waals surface area contributed by atoms with Crippen LogP contribution in [0, 0.1) is 19.3 Å². The maximum atomic E-state index is 13.8. The van der Waals surface area contributed by atoms with Crippen LogP contribution >= 0.6 is 0 Å². The van der Waals surface area contributed by atoms with Gasteiger partial charge in [0.05, 0.1) is 29.6 Å². The van der Waals surface area contributed by atoms with Crippen LogP contribution < -0.4 is 9.64 Å². The predicted octanol–water partition coefficient (Wildman–Crippen LogP) is 4.54. The second kappa shape index (κ2) is 11.3. The molecule has 4 aromatic rings. The molecule has 0 aliphatic carbocycles. The lowest BCUT2D eigenvalue weighted by molar-refractivity contribution is 0.0766. The Balaban J connectivity index is 1.17. The summed E-state index contributed by atoms with van der Waals surface area (Å²) in [5, 5.41) is 0. The van der Waals surface area contributed by atoms with Gasteiger partial charge in [0.15, 0.2) is 0 Å². The molecule has 1 spiro atoms. The first-order chi connectivity index (χ1) is 20.6. The number of imidazole rings is 1. The Labute approximate surface area is 252 Å². The molecule has 2 aliphatic heterocycles. The van der Waals surface area contributed by atoms with Crippen molar-refractivity contribution < 1.29 is 17.9 Å². The van der Waals surface area contributed by atoms with Gasteiger partial charge >= 0.3 is 0 Å². The topological polar surface area (TPSA) is 112 Å². The number of hydrogen-bond donors (Lipinski definition) is 1. The molecule has 0 radical (unpaired) electrons. The van der Waals surface area contributed by atoms with Gasteiger partial charge < -0.3 is 19.5 Å². The summed E-state index contributed by atoms with van der Waals surface area (Å²) in [6.45, 7) is 6.97. The zero-order chi connectivity index (χ0) is 30.4. The monoisotopic (exact) mass is 602 g/mol. The minimum atomic E-state index is -3.80. The van der Waals surface area contributed by atoms with E-state index in [1.807, 2.05) is 35.5 Å². The van der Waals surface area contributed by atoms with E-state index in [1.54, 1.807) is 40.1 Å². The van der Waals surface area contributed by atoms with E-state index in [0.717, 1.165) is 45.4 Å². The number of ether oxygens (including phenoxy) is 1. The number of carbonyl (C=O) groups is 1. The van der Waals surface area contributed by atoms with Crippen LogP contribution in [-0.2, 0) is 16.6 Å². The van der Waals surface area contributed by atoms with Gasteiger partial charge in [-0.25, -0.2) is 13.4 Å². The zero-order valence-corrected chi connectivity index (χ0v) is 25.9. The maximum Gasteiger partial charge on any atom is 0.256 e. The highest BCUT2D eigenvalue weighted by molar-refractivity contribution is 7.89. The van der Waals surface area contributed by atoms with Crippen LogP contribution in [0.5, 0.6) is 5.75 Å². The molecule has 2 aliphatic rings. The van der Waals surface area contributed by atoms with Crippen molar-refractivity contribution in [1.82, 2.24) is 24.2 Å². The summed E-state index contributed by atoms with van der Waals surface area (Å²) in [7, 11) is -0.699. The number of nitrogens with one attached hydrogen (secondary N) is 1. The Hall–Kier alpha value is -3.96. The van der Waals surface area contributed by atoms with Crippen LogP contribution in [-0.4, -0.2) is 78.8 Å². The molecule has 43 heavy (non-hydrogen) atoms. The van der Waals surface area contributed by atoms with Gasteiger partial charge in [-0.3, -0.25) is 9.78 Å². The number of amides is 1. The predicted molar refractivity (Wildman–Crippen MR) is 166 cm³/mol. The molecule has 4 heterocycles. The number of carbonyl (C=O) groups excluding carboxylic acids is 1. The Morgan fingerprint density at radius 3 is 2.40 bits per heavy atom. The highest BCUT2D eigenvalue weighted by atomic mass is 32.2. The molecule has 11 heteroatoms. The molecule has 6 rings (SSSR count). The minimum Gasteiger partial charge on any atom is -0.497 e. The highest BCUT2D eigenvalue weighted by Crippen LogP contribution is 2.42. The van der Waals surface area contributed by atoms with Gasteiger partial charge in [0.25, 0.3) is 5.91 Å². The van der Waals surface area contributed by atoms with Gasteiger partial charge in [0.2, 0.25) is 10.0 Å². The van der Waals surface area contributed by atoms with E-state index in [0.29, 0.717) is 39.3 Å². The number of benzene rings is 2. The van der Waals surface area contributed by atoms with E-state index < -0.39 is 10.0 Å². The van der Waals surface area contributed by atoms with Gasteiger partial charge in [-0.05, 0) is 86.1 Å². The fourth-order valence-corrected chi connectivity index (χ4v) is 8.23. The molecule has 2 aromatic carbocycles. The molecule has 2 aromatic heterocycles. The lowest BCUT2D eigenvalue weighted by Gasteiger charge is -2.40. The van der Waals surface area contributed by atoms with Crippen molar-refractivity contribution in [2.45, 2.75) is 44.6 Å². The standard InChI is InChI=1S/C32H38N6O4S/c1-22-18-25(42-4)19-23(2)30(22)43(40,41)36(3)20-28-34-27-7-5-6-26(29(27)35-28)31(39)38-17-12-32(21-38)10-15-37(16-11-32)24-8-13-33-14-9-24/h5-9,13-14,18-19H,10-12,15-17,20-21H2,1-4H3,(H,34,35). The maximum absolute atomic E-state index is 13.8. The van der Waals surface area contributed by atoms with Crippen LogP contribution in [0.1, 0.15) is 46.6 Å².